The molecule has 128 valence electrons. The van der Waals surface area contributed by atoms with Gasteiger partial charge in [0.1, 0.15) is 17.5 Å². The molecule has 5 nitrogen and oxygen atoms in total. The topological polar surface area (TPSA) is 56.8 Å². The third-order valence-corrected chi connectivity index (χ3v) is 4.43. The van der Waals surface area contributed by atoms with Crippen LogP contribution in [0.1, 0.15) is 32.6 Å². The maximum Gasteiger partial charge on any atom is 0.256 e. The summed E-state index contributed by atoms with van der Waals surface area (Å²) in [6.07, 6.45) is 3.41. The zero-order chi connectivity index (χ0) is 16.9. The number of ether oxygens (including phenoxy) is 3. The van der Waals surface area contributed by atoms with Gasteiger partial charge in [0, 0.05) is 19.9 Å². The van der Waals surface area contributed by atoms with Gasteiger partial charge in [0.05, 0.1) is 11.6 Å². The number of anilines is 1. The van der Waals surface area contributed by atoms with E-state index in [0.29, 0.717) is 23.1 Å². The van der Waals surface area contributed by atoms with Crippen molar-refractivity contribution >= 4 is 23.2 Å². The second kappa shape index (κ2) is 7.99. The Bertz CT molecular complexity index is 543. The van der Waals surface area contributed by atoms with Crippen LogP contribution in [0.25, 0.3) is 0 Å². The van der Waals surface area contributed by atoms with Crippen molar-refractivity contribution in [3.63, 3.8) is 0 Å². The van der Waals surface area contributed by atoms with Crippen molar-refractivity contribution in [1.29, 1.82) is 0 Å². The largest absolute Gasteiger partial charge is 0.487 e. The highest BCUT2D eigenvalue weighted by atomic mass is 35.5. The van der Waals surface area contributed by atoms with Gasteiger partial charge in [-0.25, -0.2) is 0 Å². The first kappa shape index (κ1) is 18.0. The Morgan fingerprint density at radius 2 is 2.04 bits per heavy atom. The number of carbonyl (C=O) groups excluding carboxylic acids is 1. The van der Waals surface area contributed by atoms with E-state index in [9.17, 15) is 4.79 Å². The first-order valence-electron chi connectivity index (χ1n) is 7.82. The van der Waals surface area contributed by atoms with Crippen LogP contribution in [0.3, 0.4) is 0 Å². The fourth-order valence-electron chi connectivity index (χ4n) is 2.87. The summed E-state index contributed by atoms with van der Waals surface area (Å²) >= 11 is 6.24. The van der Waals surface area contributed by atoms with Crippen molar-refractivity contribution in [3.05, 3.63) is 23.2 Å². The van der Waals surface area contributed by atoms with Gasteiger partial charge in [0.25, 0.3) is 5.91 Å². The number of carbonyl (C=O) groups is 1. The first-order chi connectivity index (χ1) is 11.0. The van der Waals surface area contributed by atoms with Crippen LogP contribution in [0.5, 0.6) is 5.75 Å². The number of nitrogens with one attached hydrogen (secondary N) is 1. The van der Waals surface area contributed by atoms with Crippen LogP contribution < -0.4 is 10.1 Å². The predicted molar refractivity (Wildman–Crippen MR) is 90.3 cm³/mol. The Kier molecular flexibility index (Phi) is 6.27. The number of rotatable bonds is 7. The minimum Gasteiger partial charge on any atom is -0.487 e. The van der Waals surface area contributed by atoms with Crippen LogP contribution >= 0.6 is 11.6 Å². The fourth-order valence-corrected chi connectivity index (χ4v) is 3.10. The van der Waals surface area contributed by atoms with Crippen molar-refractivity contribution < 1.29 is 19.0 Å². The molecule has 1 N–H and O–H groups in total. The lowest BCUT2D eigenvalue weighted by Crippen LogP contribution is -2.42. The van der Waals surface area contributed by atoms with Gasteiger partial charge in [-0.05, 0) is 50.8 Å². The normalized spacial score (nSPS) is 17.7. The van der Waals surface area contributed by atoms with Crippen LogP contribution in [0.2, 0.25) is 5.02 Å². The van der Waals surface area contributed by atoms with Gasteiger partial charge in [-0.2, -0.15) is 0 Å². The monoisotopic (exact) mass is 341 g/mol. The zero-order valence-electron chi connectivity index (χ0n) is 13.9. The number of halogens is 1. The van der Waals surface area contributed by atoms with Crippen molar-refractivity contribution in [2.75, 3.05) is 26.1 Å². The second-order valence-corrected chi connectivity index (χ2v) is 6.30. The van der Waals surface area contributed by atoms with Crippen molar-refractivity contribution in [1.82, 2.24) is 0 Å². The van der Waals surface area contributed by atoms with Crippen molar-refractivity contribution in [2.45, 2.75) is 44.3 Å². The Morgan fingerprint density at radius 3 is 2.61 bits per heavy atom. The molecule has 0 radical (unpaired) electrons. The molecule has 1 fully saturated rings. The fraction of sp³-hybridized carbons (Fsp3) is 0.588. The Hall–Kier alpha value is -1.30. The Balaban J connectivity index is 2.04. The van der Waals surface area contributed by atoms with Gasteiger partial charge in [0.15, 0.2) is 0 Å². The predicted octanol–water partition coefficient (Wildman–Crippen LogP) is 3.65. The first-order valence-corrected chi connectivity index (χ1v) is 8.20. The Labute approximate surface area is 142 Å². The second-order valence-electron chi connectivity index (χ2n) is 5.89. The molecule has 0 bridgehead atoms. The van der Waals surface area contributed by atoms with E-state index in [1.165, 1.54) is 0 Å². The molecule has 2 rings (SSSR count). The molecule has 6 heteroatoms. The van der Waals surface area contributed by atoms with Gasteiger partial charge >= 0.3 is 0 Å². The third-order valence-electron chi connectivity index (χ3n) is 4.14. The highest BCUT2D eigenvalue weighted by molar-refractivity contribution is 6.32. The lowest BCUT2D eigenvalue weighted by atomic mass is 10.0. The van der Waals surface area contributed by atoms with Crippen LogP contribution in [-0.4, -0.2) is 38.4 Å². The maximum atomic E-state index is 12.5. The maximum absolute atomic E-state index is 12.5. The molecule has 0 unspecified atom stereocenters. The molecule has 1 amide bonds. The Morgan fingerprint density at radius 1 is 1.35 bits per heavy atom. The molecule has 0 aliphatic heterocycles. The summed E-state index contributed by atoms with van der Waals surface area (Å²) in [6, 6.07) is 5.21. The quantitative estimate of drug-likeness (QED) is 0.822. The summed E-state index contributed by atoms with van der Waals surface area (Å²) in [5, 5.41) is 3.34. The van der Waals surface area contributed by atoms with E-state index in [0.717, 1.165) is 25.7 Å². The zero-order valence-corrected chi connectivity index (χ0v) is 14.6. The molecule has 1 aromatic carbocycles. The molecule has 1 saturated carbocycles. The summed E-state index contributed by atoms with van der Waals surface area (Å²) in [5.74, 6) is 0.450. The van der Waals surface area contributed by atoms with Crippen LogP contribution in [0.15, 0.2) is 18.2 Å². The van der Waals surface area contributed by atoms with Gasteiger partial charge in [0.2, 0.25) is 0 Å². The van der Waals surface area contributed by atoms with Gasteiger partial charge < -0.3 is 19.5 Å². The number of amides is 1. The third kappa shape index (κ3) is 4.37. The average Bonchev–Trinajstić information content (AvgIpc) is 3.00. The lowest BCUT2D eigenvalue weighted by molar-refractivity contribution is -0.136. The highest BCUT2D eigenvalue weighted by Gasteiger charge is 2.41. The number of methoxy groups -OCH3 is 2. The smallest absolute Gasteiger partial charge is 0.256 e. The summed E-state index contributed by atoms with van der Waals surface area (Å²) < 4.78 is 16.2. The molecule has 1 aromatic rings. The van der Waals surface area contributed by atoms with E-state index in [1.807, 2.05) is 6.92 Å². The highest BCUT2D eigenvalue weighted by Crippen LogP contribution is 2.35. The molecule has 0 heterocycles. The number of hydrogen-bond donors (Lipinski definition) is 1. The van der Waals surface area contributed by atoms with E-state index in [-0.39, 0.29) is 12.0 Å². The average molecular weight is 342 g/mol. The molecule has 0 aromatic heterocycles. The van der Waals surface area contributed by atoms with Crippen LogP contribution in [0, 0.1) is 0 Å². The summed E-state index contributed by atoms with van der Waals surface area (Å²) in [4.78, 5) is 12.5. The molecule has 0 saturated heterocycles. The number of benzene rings is 1. The standard InChI is InChI=1S/C17H24ClNO4/c1-12(11-21-2)23-15-7-6-13(10-14(15)18)19-16(20)17(22-3)8-4-5-9-17/h6-7,10,12H,4-5,8-9,11H2,1-3H3,(H,19,20)/t12-/m0/s1. The van der Waals surface area contributed by atoms with E-state index < -0.39 is 5.60 Å². The van der Waals surface area contributed by atoms with E-state index >= 15 is 0 Å². The van der Waals surface area contributed by atoms with Crippen molar-refractivity contribution in [2.24, 2.45) is 0 Å². The summed E-state index contributed by atoms with van der Waals surface area (Å²) in [5.41, 5.74) is -0.0793. The molecular weight excluding hydrogens is 318 g/mol. The molecule has 1 atom stereocenters. The van der Waals surface area contributed by atoms with E-state index in [2.05, 4.69) is 5.32 Å². The molecule has 23 heavy (non-hydrogen) atoms. The SMILES string of the molecule is COC[C@H](C)Oc1ccc(NC(=O)C2(OC)CCCC2)cc1Cl. The minimum absolute atomic E-state index is 0.104. The molecule has 1 aliphatic rings. The van der Waals surface area contributed by atoms with Gasteiger partial charge in [-0.15, -0.1) is 0 Å². The van der Waals surface area contributed by atoms with E-state index in [4.69, 9.17) is 25.8 Å². The lowest BCUT2D eigenvalue weighted by Gasteiger charge is -2.26. The molecule has 1 aliphatic carbocycles. The minimum atomic E-state index is -0.714. The molecular formula is C17H24ClNO4. The summed E-state index contributed by atoms with van der Waals surface area (Å²) in [6.45, 7) is 2.38. The van der Waals surface area contributed by atoms with Crippen LogP contribution in [-0.2, 0) is 14.3 Å². The number of hydrogen-bond acceptors (Lipinski definition) is 4. The van der Waals surface area contributed by atoms with Gasteiger partial charge in [-0.3, -0.25) is 4.79 Å². The molecule has 0 spiro atoms. The summed E-state index contributed by atoms with van der Waals surface area (Å²) in [7, 11) is 3.21. The van der Waals surface area contributed by atoms with E-state index in [1.54, 1.807) is 32.4 Å². The van der Waals surface area contributed by atoms with Gasteiger partial charge in [-0.1, -0.05) is 11.6 Å². The van der Waals surface area contributed by atoms with Crippen LogP contribution in [0.4, 0.5) is 5.69 Å². The van der Waals surface area contributed by atoms with Crippen molar-refractivity contribution in [3.8, 4) is 5.75 Å².